The van der Waals surface area contributed by atoms with Gasteiger partial charge in [0.05, 0.1) is 25.4 Å². The molecule has 2 amide bonds. The molecule has 0 saturated carbocycles. The second kappa shape index (κ2) is 10.8. The predicted octanol–water partition coefficient (Wildman–Crippen LogP) is 4.12. The number of fused-ring (bicyclic) bond motifs is 1. The van der Waals surface area contributed by atoms with Gasteiger partial charge in [0, 0.05) is 11.8 Å². The molecule has 9 heteroatoms. The van der Waals surface area contributed by atoms with Crippen LogP contribution < -0.4 is 15.0 Å². The first-order valence-corrected chi connectivity index (χ1v) is 11.7. The molecule has 0 aliphatic rings. The van der Waals surface area contributed by atoms with Crippen LogP contribution in [0.4, 0.5) is 5.69 Å². The minimum absolute atomic E-state index is 0.119. The number of rotatable bonds is 9. The standard InChI is InChI=1S/C28H25N5O4/c1-36-22-12-7-11-21(17-22)33(26(34)19-32-25-15-6-5-14-24(25)30-31-32)27(20-9-3-2-4-10-20)28(35)29-18-23-13-8-16-37-23/h2-17,27H,18-19H2,1H3,(H,29,35)/t27-/m1/s1. The highest BCUT2D eigenvalue weighted by atomic mass is 16.5. The van der Waals surface area contributed by atoms with Gasteiger partial charge >= 0.3 is 0 Å². The van der Waals surface area contributed by atoms with E-state index >= 15 is 0 Å². The molecule has 37 heavy (non-hydrogen) atoms. The van der Waals surface area contributed by atoms with Crippen LogP contribution in [-0.4, -0.2) is 33.9 Å². The SMILES string of the molecule is COc1cccc(N(C(=O)Cn2nnc3ccccc32)[C@@H](C(=O)NCc2ccco2)c2ccccc2)c1. The summed E-state index contributed by atoms with van der Waals surface area (Å²) in [6.45, 7) is 0.0650. The van der Waals surface area contributed by atoms with Gasteiger partial charge in [-0.1, -0.05) is 53.7 Å². The Balaban J connectivity index is 1.55. The van der Waals surface area contributed by atoms with Crippen LogP contribution in [0.3, 0.4) is 0 Å². The maximum Gasteiger partial charge on any atom is 0.249 e. The number of hydrogen-bond acceptors (Lipinski definition) is 6. The Bertz CT molecular complexity index is 1500. The highest BCUT2D eigenvalue weighted by molar-refractivity contribution is 6.01. The van der Waals surface area contributed by atoms with E-state index in [1.807, 2.05) is 54.6 Å². The van der Waals surface area contributed by atoms with Crippen molar-refractivity contribution in [1.82, 2.24) is 20.3 Å². The fourth-order valence-electron chi connectivity index (χ4n) is 4.17. The van der Waals surface area contributed by atoms with Crippen LogP contribution in [0.2, 0.25) is 0 Å². The molecule has 186 valence electrons. The van der Waals surface area contributed by atoms with E-state index in [9.17, 15) is 9.59 Å². The van der Waals surface area contributed by atoms with Gasteiger partial charge < -0.3 is 14.5 Å². The van der Waals surface area contributed by atoms with Crippen LogP contribution >= 0.6 is 0 Å². The summed E-state index contributed by atoms with van der Waals surface area (Å²) >= 11 is 0. The van der Waals surface area contributed by atoms with Gasteiger partial charge in [0.2, 0.25) is 11.8 Å². The smallest absolute Gasteiger partial charge is 0.249 e. The van der Waals surface area contributed by atoms with Gasteiger partial charge in [-0.2, -0.15) is 0 Å². The van der Waals surface area contributed by atoms with Crippen LogP contribution in [0.15, 0.2) is 102 Å². The maximum atomic E-state index is 14.0. The van der Waals surface area contributed by atoms with Gasteiger partial charge in [-0.3, -0.25) is 14.5 Å². The summed E-state index contributed by atoms with van der Waals surface area (Å²) in [4.78, 5) is 29.2. The molecule has 9 nitrogen and oxygen atoms in total. The topological polar surface area (TPSA) is 102 Å². The zero-order valence-electron chi connectivity index (χ0n) is 20.2. The first-order chi connectivity index (χ1) is 18.1. The van der Waals surface area contributed by atoms with Crippen LogP contribution in [0.1, 0.15) is 17.4 Å². The van der Waals surface area contributed by atoms with E-state index in [1.54, 1.807) is 49.8 Å². The molecule has 0 unspecified atom stereocenters. The molecule has 1 atom stereocenters. The molecular formula is C28H25N5O4. The van der Waals surface area contributed by atoms with Crippen LogP contribution in [0.25, 0.3) is 11.0 Å². The molecule has 5 rings (SSSR count). The number of methoxy groups -OCH3 is 1. The number of ether oxygens (including phenoxy) is 1. The molecule has 0 aliphatic carbocycles. The Labute approximate surface area is 213 Å². The van der Waals surface area contributed by atoms with Crippen molar-refractivity contribution >= 4 is 28.5 Å². The molecule has 0 fully saturated rings. The molecule has 5 aromatic rings. The molecule has 2 aromatic heterocycles. The van der Waals surface area contributed by atoms with Gasteiger partial charge in [-0.15, -0.1) is 5.10 Å². The first kappa shape index (κ1) is 23.8. The average molecular weight is 496 g/mol. The predicted molar refractivity (Wildman–Crippen MR) is 138 cm³/mol. The third-order valence-electron chi connectivity index (χ3n) is 5.94. The lowest BCUT2D eigenvalue weighted by atomic mass is 10.0. The zero-order chi connectivity index (χ0) is 25.6. The Morgan fingerprint density at radius 1 is 1.00 bits per heavy atom. The van der Waals surface area contributed by atoms with Gasteiger partial charge in [0.15, 0.2) is 0 Å². The number of furan rings is 1. The number of carbonyl (C=O) groups excluding carboxylic acids is 2. The lowest BCUT2D eigenvalue weighted by Gasteiger charge is -2.31. The van der Waals surface area contributed by atoms with E-state index in [-0.39, 0.29) is 24.9 Å². The Morgan fingerprint density at radius 3 is 2.59 bits per heavy atom. The summed E-state index contributed by atoms with van der Waals surface area (Å²) in [5.74, 6) is 0.464. The number of amides is 2. The van der Waals surface area contributed by atoms with Crippen molar-refractivity contribution in [3.8, 4) is 5.75 Å². The van der Waals surface area contributed by atoms with Gasteiger partial charge in [-0.05, 0) is 42.0 Å². The number of para-hydroxylation sites is 1. The number of nitrogens with one attached hydrogen (secondary N) is 1. The van der Waals surface area contributed by atoms with E-state index < -0.39 is 6.04 Å². The van der Waals surface area contributed by atoms with Crippen molar-refractivity contribution in [2.45, 2.75) is 19.1 Å². The highest BCUT2D eigenvalue weighted by Crippen LogP contribution is 2.31. The quantitative estimate of drug-likeness (QED) is 0.330. The summed E-state index contributed by atoms with van der Waals surface area (Å²) in [5.41, 5.74) is 2.56. The van der Waals surface area contributed by atoms with Crippen molar-refractivity contribution in [2.24, 2.45) is 0 Å². The fourth-order valence-corrected chi connectivity index (χ4v) is 4.17. The molecule has 0 spiro atoms. The Morgan fingerprint density at radius 2 is 1.81 bits per heavy atom. The molecule has 0 bridgehead atoms. The number of benzene rings is 3. The summed E-state index contributed by atoms with van der Waals surface area (Å²) in [7, 11) is 1.55. The van der Waals surface area contributed by atoms with Crippen LogP contribution in [0, 0.1) is 0 Å². The molecule has 0 radical (unpaired) electrons. The minimum atomic E-state index is -0.967. The van der Waals surface area contributed by atoms with E-state index in [0.717, 1.165) is 5.52 Å². The third-order valence-corrected chi connectivity index (χ3v) is 5.94. The minimum Gasteiger partial charge on any atom is -0.497 e. The van der Waals surface area contributed by atoms with Crippen molar-refractivity contribution in [3.63, 3.8) is 0 Å². The Hall–Kier alpha value is -4.92. The number of aromatic nitrogens is 3. The average Bonchev–Trinajstić information content (AvgIpc) is 3.61. The van der Waals surface area contributed by atoms with Gasteiger partial charge in [0.25, 0.3) is 0 Å². The van der Waals surface area contributed by atoms with Gasteiger partial charge in [0.1, 0.15) is 29.6 Å². The first-order valence-electron chi connectivity index (χ1n) is 11.7. The largest absolute Gasteiger partial charge is 0.497 e. The molecule has 0 aliphatic heterocycles. The number of anilines is 1. The highest BCUT2D eigenvalue weighted by Gasteiger charge is 2.33. The molecule has 2 heterocycles. The zero-order valence-corrected chi connectivity index (χ0v) is 20.2. The summed E-state index contributed by atoms with van der Waals surface area (Å²) < 4.78 is 12.3. The van der Waals surface area contributed by atoms with Crippen LogP contribution in [0.5, 0.6) is 5.75 Å². The fraction of sp³-hybridized carbons (Fsp3) is 0.143. The molecular weight excluding hydrogens is 470 g/mol. The second-order valence-electron chi connectivity index (χ2n) is 8.31. The van der Waals surface area contributed by atoms with E-state index in [4.69, 9.17) is 9.15 Å². The molecule has 3 aromatic carbocycles. The normalized spacial score (nSPS) is 11.7. The van der Waals surface area contributed by atoms with Crippen molar-refractivity contribution in [1.29, 1.82) is 0 Å². The summed E-state index contributed by atoms with van der Waals surface area (Å²) in [5, 5.41) is 11.2. The monoisotopic (exact) mass is 495 g/mol. The van der Waals surface area contributed by atoms with E-state index in [1.165, 1.54) is 9.58 Å². The Kier molecular flexibility index (Phi) is 6.93. The van der Waals surface area contributed by atoms with Crippen molar-refractivity contribution in [2.75, 3.05) is 12.0 Å². The lowest BCUT2D eigenvalue weighted by molar-refractivity contribution is -0.127. The maximum absolute atomic E-state index is 14.0. The number of nitrogens with zero attached hydrogens (tertiary/aromatic N) is 4. The van der Waals surface area contributed by atoms with Crippen molar-refractivity contribution in [3.05, 3.63) is 109 Å². The second-order valence-corrected chi connectivity index (χ2v) is 8.31. The van der Waals surface area contributed by atoms with E-state index in [2.05, 4.69) is 15.6 Å². The summed E-state index contributed by atoms with van der Waals surface area (Å²) in [6.07, 6.45) is 1.55. The number of hydrogen-bond donors (Lipinski definition) is 1. The van der Waals surface area contributed by atoms with Crippen molar-refractivity contribution < 1.29 is 18.7 Å². The summed E-state index contributed by atoms with van der Waals surface area (Å²) in [6, 6.07) is 26.2. The molecule has 0 saturated heterocycles. The van der Waals surface area contributed by atoms with E-state index in [0.29, 0.717) is 28.3 Å². The van der Waals surface area contributed by atoms with Crippen LogP contribution in [-0.2, 0) is 22.7 Å². The number of carbonyl (C=O) groups is 2. The third kappa shape index (κ3) is 5.20. The molecule has 1 N–H and O–H groups in total. The lowest BCUT2D eigenvalue weighted by Crippen LogP contribution is -2.45. The van der Waals surface area contributed by atoms with Gasteiger partial charge in [-0.25, -0.2) is 4.68 Å².